The Hall–Kier alpha value is -3.43. The number of nitrogens with zero attached hydrogens (tertiary/aromatic N) is 2. The highest BCUT2D eigenvalue weighted by Crippen LogP contribution is 2.50. The van der Waals surface area contributed by atoms with Crippen LogP contribution in [0.2, 0.25) is 0 Å². The van der Waals surface area contributed by atoms with Crippen LogP contribution in [0.25, 0.3) is 48.3 Å². The fraction of sp³-hybridized carbons (Fsp3) is 0.342. The molecular weight excluding hydrogens is 516 g/mol. The highest BCUT2D eigenvalue weighted by atomic mass is 32.1. The zero-order chi connectivity index (χ0) is 26.9. The Morgan fingerprint density at radius 3 is 2.20 bits per heavy atom. The van der Waals surface area contributed by atoms with Crippen LogP contribution in [0.3, 0.4) is 0 Å². The number of hydrogen-bond donors (Lipinski definition) is 0. The third-order valence-electron chi connectivity index (χ3n) is 10.5. The Labute approximate surface area is 246 Å². The maximum Gasteiger partial charge on any atom is 0.295 e. The van der Waals surface area contributed by atoms with Gasteiger partial charge >= 0.3 is 0 Å². The largest absolute Gasteiger partial charge is 0.295 e. The van der Waals surface area contributed by atoms with Crippen LogP contribution < -0.4 is 4.57 Å². The number of rotatable bonds is 3. The molecule has 0 saturated heterocycles. The van der Waals surface area contributed by atoms with Crippen molar-refractivity contribution in [3.63, 3.8) is 0 Å². The number of imidazole rings is 1. The number of thiophene rings is 1. The van der Waals surface area contributed by atoms with Gasteiger partial charge in [0, 0.05) is 26.6 Å². The minimum absolute atomic E-state index is 0.633. The molecular formula is C38H37N2S+. The predicted molar refractivity (Wildman–Crippen MR) is 173 cm³/mol. The highest BCUT2D eigenvalue weighted by Gasteiger charge is 2.38. The average Bonchev–Trinajstić information content (AvgIpc) is 3.71. The van der Waals surface area contributed by atoms with E-state index in [0.29, 0.717) is 11.8 Å². The molecule has 0 atom stereocenters. The van der Waals surface area contributed by atoms with Crippen LogP contribution in [-0.2, 0) is 6.54 Å². The number of hydrogen-bond acceptors (Lipinski definition) is 1. The Morgan fingerprint density at radius 2 is 1.37 bits per heavy atom. The molecule has 9 rings (SSSR count). The van der Waals surface area contributed by atoms with Crippen LogP contribution in [0.4, 0.5) is 0 Å². The topological polar surface area (TPSA) is 8.81 Å². The summed E-state index contributed by atoms with van der Waals surface area (Å²) in [6.45, 7) is 0.952. The van der Waals surface area contributed by atoms with Crippen molar-refractivity contribution in [1.82, 2.24) is 4.57 Å². The molecule has 0 unspecified atom stereocenters. The quantitative estimate of drug-likeness (QED) is 0.192. The minimum atomic E-state index is 0.633. The lowest BCUT2D eigenvalue weighted by Crippen LogP contribution is -2.31. The lowest BCUT2D eigenvalue weighted by atomic mass is 9.78. The van der Waals surface area contributed by atoms with Crippen molar-refractivity contribution in [3.8, 4) is 17.1 Å². The summed E-state index contributed by atoms with van der Waals surface area (Å²) in [7, 11) is 0. The lowest BCUT2D eigenvalue weighted by molar-refractivity contribution is -0.645. The molecule has 0 radical (unpaired) electrons. The van der Waals surface area contributed by atoms with E-state index in [-0.39, 0.29) is 0 Å². The summed E-state index contributed by atoms with van der Waals surface area (Å²) in [6, 6.07) is 30.2. The average molecular weight is 554 g/mol. The summed E-state index contributed by atoms with van der Waals surface area (Å²) in [5.74, 6) is 2.68. The van der Waals surface area contributed by atoms with Crippen LogP contribution >= 0.6 is 11.3 Å². The van der Waals surface area contributed by atoms with Gasteiger partial charge in [0.2, 0.25) is 0 Å². The van der Waals surface area contributed by atoms with Crippen molar-refractivity contribution in [2.75, 3.05) is 0 Å². The van der Waals surface area contributed by atoms with Crippen LogP contribution in [0.15, 0.2) is 78.9 Å². The van der Waals surface area contributed by atoms with E-state index in [1.807, 2.05) is 11.3 Å². The first kappa shape index (κ1) is 24.2. The third kappa shape index (κ3) is 3.64. The fourth-order valence-corrected chi connectivity index (χ4v) is 9.84. The Kier molecular flexibility index (Phi) is 5.64. The van der Waals surface area contributed by atoms with E-state index in [9.17, 15) is 0 Å². The predicted octanol–water partition coefficient (Wildman–Crippen LogP) is 10.4. The second kappa shape index (κ2) is 9.56. The van der Waals surface area contributed by atoms with Crippen molar-refractivity contribution in [2.24, 2.45) is 0 Å². The SMILES string of the molecule is c1ccc2c(c1)C[n+]1c-2n(-c2c(C3CCCCC3)cc(C3CCCCC3)c3c2sc2ccccc23)c2ccccc21. The van der Waals surface area contributed by atoms with Crippen molar-refractivity contribution in [2.45, 2.75) is 82.6 Å². The van der Waals surface area contributed by atoms with E-state index in [1.165, 1.54) is 113 Å². The summed E-state index contributed by atoms with van der Waals surface area (Å²) < 4.78 is 8.23. The Morgan fingerprint density at radius 1 is 0.683 bits per heavy atom. The Balaban J connectivity index is 1.45. The third-order valence-corrected chi connectivity index (χ3v) is 11.6. The van der Waals surface area contributed by atoms with Gasteiger partial charge in [0.15, 0.2) is 16.7 Å². The first-order valence-corrected chi connectivity index (χ1v) is 16.8. The van der Waals surface area contributed by atoms with Gasteiger partial charge in [-0.2, -0.15) is 4.57 Å². The molecule has 2 saturated carbocycles. The van der Waals surface area contributed by atoms with Crippen molar-refractivity contribution < 1.29 is 4.57 Å². The van der Waals surface area contributed by atoms with E-state index in [1.54, 1.807) is 16.5 Å². The van der Waals surface area contributed by atoms with E-state index in [4.69, 9.17) is 0 Å². The van der Waals surface area contributed by atoms with Crippen LogP contribution in [0.5, 0.6) is 0 Å². The molecule has 3 heteroatoms. The number of benzene rings is 4. The molecule has 3 heterocycles. The van der Waals surface area contributed by atoms with Gasteiger partial charge in [-0.1, -0.05) is 93.1 Å². The van der Waals surface area contributed by atoms with Gasteiger partial charge in [-0.05, 0) is 67.3 Å². The summed E-state index contributed by atoms with van der Waals surface area (Å²) in [4.78, 5) is 0. The van der Waals surface area contributed by atoms with Gasteiger partial charge in [0.1, 0.15) is 6.54 Å². The van der Waals surface area contributed by atoms with Crippen molar-refractivity contribution >= 4 is 42.5 Å². The van der Waals surface area contributed by atoms with Crippen LogP contribution in [0.1, 0.15) is 92.7 Å². The summed E-state index contributed by atoms with van der Waals surface area (Å²) >= 11 is 2.05. The van der Waals surface area contributed by atoms with E-state index < -0.39 is 0 Å². The van der Waals surface area contributed by atoms with E-state index in [2.05, 4.69) is 88.0 Å². The maximum absolute atomic E-state index is 2.75. The van der Waals surface area contributed by atoms with E-state index in [0.717, 1.165) is 6.54 Å². The molecule has 2 fully saturated rings. The number of para-hydroxylation sites is 2. The molecule has 6 aromatic rings. The molecule has 1 aliphatic heterocycles. The molecule has 0 amide bonds. The van der Waals surface area contributed by atoms with Crippen molar-refractivity contribution in [3.05, 3.63) is 95.6 Å². The van der Waals surface area contributed by atoms with Gasteiger partial charge in [-0.15, -0.1) is 11.3 Å². The molecule has 41 heavy (non-hydrogen) atoms. The first-order valence-electron chi connectivity index (χ1n) is 16.0. The number of fused-ring (bicyclic) bond motifs is 8. The lowest BCUT2D eigenvalue weighted by Gasteiger charge is -2.28. The summed E-state index contributed by atoms with van der Waals surface area (Å²) in [6.07, 6.45) is 13.6. The first-order chi connectivity index (χ1) is 20.4. The normalized spacial score (nSPS) is 18.0. The zero-order valence-corrected chi connectivity index (χ0v) is 24.6. The molecule has 2 nitrogen and oxygen atoms in total. The molecule has 0 spiro atoms. The Bertz CT molecular complexity index is 1940. The molecule has 0 N–H and O–H groups in total. The summed E-state index contributed by atoms with van der Waals surface area (Å²) in [5, 5.41) is 3.01. The fourth-order valence-electron chi connectivity index (χ4n) is 8.56. The number of aromatic nitrogens is 2. The van der Waals surface area contributed by atoms with Crippen LogP contribution in [-0.4, -0.2) is 4.57 Å². The molecule has 2 aromatic heterocycles. The van der Waals surface area contributed by atoms with Gasteiger partial charge in [-0.25, -0.2) is 4.57 Å². The summed E-state index contributed by atoms with van der Waals surface area (Å²) in [5.41, 5.74) is 10.3. The maximum atomic E-state index is 2.75. The van der Waals surface area contributed by atoms with Crippen molar-refractivity contribution in [1.29, 1.82) is 0 Å². The smallest absolute Gasteiger partial charge is 0.218 e. The van der Waals surface area contributed by atoms with Gasteiger partial charge in [0.25, 0.3) is 5.82 Å². The standard InChI is InChI=1S/C38H37N2S/c1-3-13-25(14-4-1)30-23-31(26-15-5-2-6-16-26)36(37-35(30)29-19-9-12-22-34(29)41-37)40-33-21-11-10-20-32(33)39-24-27-17-7-8-18-28(27)38(39)40/h7-12,17-23,25-26H,1-6,13-16,24H2/q+1. The van der Waals surface area contributed by atoms with Gasteiger partial charge < -0.3 is 0 Å². The van der Waals surface area contributed by atoms with Crippen LogP contribution in [0, 0.1) is 0 Å². The molecule has 3 aliphatic rings. The second-order valence-corrected chi connectivity index (χ2v) is 13.8. The van der Waals surface area contributed by atoms with Gasteiger partial charge in [0.05, 0.1) is 10.3 Å². The van der Waals surface area contributed by atoms with Gasteiger partial charge in [-0.3, -0.25) is 0 Å². The highest BCUT2D eigenvalue weighted by molar-refractivity contribution is 7.26. The minimum Gasteiger partial charge on any atom is -0.218 e. The molecule has 4 aromatic carbocycles. The molecule has 2 aliphatic carbocycles. The second-order valence-electron chi connectivity index (χ2n) is 12.8. The van der Waals surface area contributed by atoms with E-state index >= 15 is 0 Å². The zero-order valence-electron chi connectivity index (χ0n) is 23.7. The molecule has 204 valence electrons. The monoisotopic (exact) mass is 553 g/mol. The molecule has 0 bridgehead atoms.